The van der Waals surface area contributed by atoms with Crippen molar-refractivity contribution < 1.29 is 9.90 Å². The van der Waals surface area contributed by atoms with Gasteiger partial charge in [0.2, 0.25) is 0 Å². The molecule has 0 saturated carbocycles. The SMILES string of the molecule is CSCC1CN(Cc2ccc(C(=O)O)cc2)C1. The molecule has 0 aliphatic carbocycles. The summed E-state index contributed by atoms with van der Waals surface area (Å²) in [5.74, 6) is 1.22. The predicted molar refractivity (Wildman–Crippen MR) is 70.6 cm³/mol. The van der Waals surface area contributed by atoms with Gasteiger partial charge in [-0.25, -0.2) is 4.79 Å². The summed E-state index contributed by atoms with van der Waals surface area (Å²) < 4.78 is 0. The van der Waals surface area contributed by atoms with E-state index in [9.17, 15) is 4.79 Å². The number of likely N-dealkylation sites (tertiary alicyclic amines) is 1. The Balaban J connectivity index is 1.82. The van der Waals surface area contributed by atoms with Crippen molar-refractivity contribution in [3.8, 4) is 0 Å². The highest BCUT2D eigenvalue weighted by atomic mass is 32.2. The van der Waals surface area contributed by atoms with Gasteiger partial charge in [0.25, 0.3) is 0 Å². The number of benzene rings is 1. The molecular weight excluding hydrogens is 234 g/mol. The van der Waals surface area contributed by atoms with E-state index in [-0.39, 0.29) is 0 Å². The fourth-order valence-corrected chi connectivity index (χ4v) is 2.84. The third-order valence-corrected chi connectivity index (χ3v) is 3.85. The Hall–Kier alpha value is -1.00. The van der Waals surface area contributed by atoms with Crippen LogP contribution in [0.15, 0.2) is 24.3 Å². The minimum absolute atomic E-state index is 0.359. The summed E-state index contributed by atoms with van der Waals surface area (Å²) in [5.41, 5.74) is 1.55. The molecule has 1 aromatic rings. The molecule has 1 aromatic carbocycles. The Morgan fingerprint density at radius 3 is 2.59 bits per heavy atom. The van der Waals surface area contributed by atoms with E-state index in [4.69, 9.17) is 5.11 Å². The number of nitrogens with zero attached hydrogens (tertiary/aromatic N) is 1. The summed E-state index contributed by atoms with van der Waals surface area (Å²) in [6.07, 6.45) is 2.15. The van der Waals surface area contributed by atoms with E-state index < -0.39 is 5.97 Å². The minimum atomic E-state index is -0.861. The Morgan fingerprint density at radius 1 is 1.41 bits per heavy atom. The van der Waals surface area contributed by atoms with Crippen LogP contribution in [0.5, 0.6) is 0 Å². The first kappa shape index (κ1) is 12.5. The second-order valence-corrected chi connectivity index (χ2v) is 5.43. The molecule has 0 unspecified atom stereocenters. The van der Waals surface area contributed by atoms with E-state index >= 15 is 0 Å². The lowest BCUT2D eigenvalue weighted by molar-refractivity contribution is 0.0697. The van der Waals surface area contributed by atoms with Gasteiger partial charge in [-0.1, -0.05) is 12.1 Å². The zero-order chi connectivity index (χ0) is 12.3. The number of thioether (sulfide) groups is 1. The van der Waals surface area contributed by atoms with Gasteiger partial charge in [0.15, 0.2) is 0 Å². The molecular formula is C13H17NO2S. The zero-order valence-electron chi connectivity index (χ0n) is 9.93. The number of rotatable bonds is 5. The average molecular weight is 251 g/mol. The van der Waals surface area contributed by atoms with Crippen LogP contribution in [-0.2, 0) is 6.54 Å². The number of hydrogen-bond acceptors (Lipinski definition) is 3. The van der Waals surface area contributed by atoms with Crippen LogP contribution in [0.25, 0.3) is 0 Å². The van der Waals surface area contributed by atoms with Gasteiger partial charge in [-0.2, -0.15) is 11.8 Å². The fourth-order valence-electron chi connectivity index (χ4n) is 2.16. The summed E-state index contributed by atoms with van der Waals surface area (Å²) in [6, 6.07) is 7.17. The topological polar surface area (TPSA) is 40.5 Å². The molecule has 3 nitrogen and oxygen atoms in total. The summed E-state index contributed by atoms with van der Waals surface area (Å²) in [6.45, 7) is 3.27. The maximum Gasteiger partial charge on any atom is 0.335 e. The second kappa shape index (κ2) is 5.56. The molecule has 1 fully saturated rings. The molecule has 0 bridgehead atoms. The first-order valence-corrected chi connectivity index (χ1v) is 7.12. The summed E-state index contributed by atoms with van der Waals surface area (Å²) in [7, 11) is 0. The van der Waals surface area contributed by atoms with Gasteiger partial charge in [-0.3, -0.25) is 4.90 Å². The normalized spacial score (nSPS) is 16.8. The van der Waals surface area contributed by atoms with Crippen LogP contribution in [0.2, 0.25) is 0 Å². The Morgan fingerprint density at radius 2 is 2.06 bits per heavy atom. The number of hydrogen-bond donors (Lipinski definition) is 1. The highest BCUT2D eigenvalue weighted by Crippen LogP contribution is 2.21. The number of carbonyl (C=O) groups is 1. The van der Waals surface area contributed by atoms with Crippen LogP contribution < -0.4 is 0 Å². The monoisotopic (exact) mass is 251 g/mol. The second-order valence-electron chi connectivity index (χ2n) is 4.52. The third-order valence-electron chi connectivity index (χ3n) is 3.04. The molecule has 2 rings (SSSR count). The number of aromatic carboxylic acids is 1. The number of carboxylic acids is 1. The van der Waals surface area contributed by atoms with Crippen LogP contribution in [0.4, 0.5) is 0 Å². The molecule has 0 atom stereocenters. The van der Waals surface area contributed by atoms with Crippen molar-refractivity contribution in [3.05, 3.63) is 35.4 Å². The molecule has 1 saturated heterocycles. The quantitative estimate of drug-likeness (QED) is 0.871. The lowest BCUT2D eigenvalue weighted by atomic mass is 10.0. The smallest absolute Gasteiger partial charge is 0.335 e. The zero-order valence-corrected chi connectivity index (χ0v) is 10.7. The lowest BCUT2D eigenvalue weighted by Gasteiger charge is -2.39. The summed E-state index contributed by atoms with van der Waals surface area (Å²) in [4.78, 5) is 13.1. The molecule has 1 heterocycles. The van der Waals surface area contributed by atoms with E-state index in [0.717, 1.165) is 12.5 Å². The van der Waals surface area contributed by atoms with Gasteiger partial charge in [0.05, 0.1) is 5.56 Å². The Bertz CT molecular complexity index is 385. The van der Waals surface area contributed by atoms with Gasteiger partial charge in [0, 0.05) is 19.6 Å². The van der Waals surface area contributed by atoms with Gasteiger partial charge >= 0.3 is 5.97 Å². The van der Waals surface area contributed by atoms with Crippen molar-refractivity contribution >= 4 is 17.7 Å². The van der Waals surface area contributed by atoms with Crippen molar-refractivity contribution in [2.24, 2.45) is 5.92 Å². The van der Waals surface area contributed by atoms with Crippen molar-refractivity contribution in [3.63, 3.8) is 0 Å². The molecule has 1 aliphatic heterocycles. The van der Waals surface area contributed by atoms with Crippen LogP contribution >= 0.6 is 11.8 Å². The van der Waals surface area contributed by atoms with Crippen LogP contribution in [0.3, 0.4) is 0 Å². The number of carboxylic acid groups (broad SMARTS) is 1. The van der Waals surface area contributed by atoms with Crippen LogP contribution in [-0.4, -0.2) is 41.1 Å². The highest BCUT2D eigenvalue weighted by Gasteiger charge is 2.25. The maximum absolute atomic E-state index is 10.7. The molecule has 4 heteroatoms. The molecule has 1 N–H and O–H groups in total. The maximum atomic E-state index is 10.7. The predicted octanol–water partition coefficient (Wildman–Crippen LogP) is 2.18. The molecule has 1 aliphatic rings. The van der Waals surface area contributed by atoms with Crippen LogP contribution in [0, 0.1) is 5.92 Å². The van der Waals surface area contributed by atoms with Crippen molar-refractivity contribution in [1.82, 2.24) is 4.90 Å². The van der Waals surface area contributed by atoms with Crippen molar-refractivity contribution in [2.45, 2.75) is 6.54 Å². The molecule has 0 aromatic heterocycles. The van der Waals surface area contributed by atoms with Gasteiger partial charge in [0.1, 0.15) is 0 Å². The van der Waals surface area contributed by atoms with Crippen molar-refractivity contribution in [2.75, 3.05) is 25.1 Å². The van der Waals surface area contributed by atoms with Gasteiger partial charge in [-0.05, 0) is 35.6 Å². The molecule has 0 amide bonds. The van der Waals surface area contributed by atoms with E-state index in [1.807, 2.05) is 23.9 Å². The van der Waals surface area contributed by atoms with Crippen molar-refractivity contribution in [1.29, 1.82) is 0 Å². The molecule has 0 radical (unpaired) electrons. The lowest BCUT2D eigenvalue weighted by Crippen LogP contribution is -2.46. The van der Waals surface area contributed by atoms with Gasteiger partial charge in [-0.15, -0.1) is 0 Å². The first-order chi connectivity index (χ1) is 8.19. The van der Waals surface area contributed by atoms with E-state index in [0.29, 0.717) is 5.56 Å². The molecule has 92 valence electrons. The standard InChI is InChI=1S/C13H17NO2S/c1-17-9-11-7-14(8-11)6-10-2-4-12(5-3-10)13(15)16/h2-5,11H,6-9H2,1H3,(H,15,16). The third kappa shape index (κ3) is 3.23. The first-order valence-electron chi connectivity index (χ1n) is 5.72. The van der Waals surface area contributed by atoms with E-state index in [2.05, 4.69) is 11.2 Å². The Kier molecular flexibility index (Phi) is 4.07. The molecule has 17 heavy (non-hydrogen) atoms. The average Bonchev–Trinajstić information content (AvgIpc) is 2.27. The minimum Gasteiger partial charge on any atom is -0.478 e. The Labute approximate surface area is 106 Å². The van der Waals surface area contributed by atoms with E-state index in [1.54, 1.807) is 12.1 Å². The van der Waals surface area contributed by atoms with E-state index in [1.165, 1.54) is 24.4 Å². The summed E-state index contributed by atoms with van der Waals surface area (Å²) >= 11 is 1.91. The van der Waals surface area contributed by atoms with Gasteiger partial charge < -0.3 is 5.11 Å². The largest absolute Gasteiger partial charge is 0.478 e. The summed E-state index contributed by atoms with van der Waals surface area (Å²) in [5, 5.41) is 8.80. The fraction of sp³-hybridized carbons (Fsp3) is 0.462. The highest BCUT2D eigenvalue weighted by molar-refractivity contribution is 7.98. The van der Waals surface area contributed by atoms with Crippen LogP contribution in [0.1, 0.15) is 15.9 Å². The molecule has 0 spiro atoms.